The summed E-state index contributed by atoms with van der Waals surface area (Å²) in [6.07, 6.45) is 0. The molecular formula is C22H29FN4O2S2. The van der Waals surface area contributed by atoms with E-state index in [1.54, 1.807) is 12.1 Å². The summed E-state index contributed by atoms with van der Waals surface area (Å²) in [7, 11) is -3.64. The van der Waals surface area contributed by atoms with E-state index < -0.39 is 21.3 Å². The summed E-state index contributed by atoms with van der Waals surface area (Å²) < 4.78 is 31.2. The average Bonchev–Trinajstić information content (AvgIpc) is 3.04. The Balaban J connectivity index is 2.53. The molecule has 0 bridgehead atoms. The molecule has 9 heteroatoms. The molecule has 0 aliphatic rings. The van der Waals surface area contributed by atoms with Gasteiger partial charge in [-0.2, -0.15) is 9.62 Å². The van der Waals surface area contributed by atoms with E-state index in [9.17, 15) is 19.0 Å². The molecule has 0 aliphatic heterocycles. The summed E-state index contributed by atoms with van der Waals surface area (Å²) in [5.74, 6) is -0.589. The number of hydrogen-bond acceptors (Lipinski definition) is 6. The lowest BCUT2D eigenvalue weighted by Gasteiger charge is -2.21. The van der Waals surface area contributed by atoms with Crippen LogP contribution in [0.1, 0.15) is 74.9 Å². The second kappa shape index (κ2) is 9.09. The van der Waals surface area contributed by atoms with E-state index in [4.69, 9.17) is 5.14 Å². The molecule has 2 aromatic rings. The van der Waals surface area contributed by atoms with E-state index in [2.05, 4.69) is 22.3 Å². The molecule has 31 heavy (non-hydrogen) atoms. The number of nitriles is 1. The molecule has 0 saturated carbocycles. The molecule has 1 aromatic heterocycles. The maximum absolute atomic E-state index is 14.4. The Morgan fingerprint density at radius 3 is 2.19 bits per heavy atom. The predicted molar refractivity (Wildman–Crippen MR) is 125 cm³/mol. The zero-order chi connectivity index (χ0) is 23.7. The topological polar surface area (TPSA) is 112 Å². The number of halogens is 1. The van der Waals surface area contributed by atoms with Crippen LogP contribution >= 0.6 is 11.3 Å². The number of nitrogens with two attached hydrogens (primary N) is 1. The van der Waals surface area contributed by atoms with Crippen LogP contribution in [0.4, 0.5) is 10.1 Å². The molecular weight excluding hydrogens is 435 g/mol. The van der Waals surface area contributed by atoms with Crippen LogP contribution < -0.4 is 10.5 Å². The van der Waals surface area contributed by atoms with Crippen molar-refractivity contribution in [3.05, 3.63) is 58.0 Å². The molecule has 0 aliphatic carbocycles. The van der Waals surface area contributed by atoms with Crippen LogP contribution in [0.2, 0.25) is 0 Å². The van der Waals surface area contributed by atoms with Gasteiger partial charge in [-0.1, -0.05) is 34.3 Å². The zero-order valence-electron chi connectivity index (χ0n) is 18.6. The smallest absolute Gasteiger partial charge is 0.153 e. The fourth-order valence-corrected chi connectivity index (χ4v) is 5.45. The lowest BCUT2D eigenvalue weighted by atomic mass is 9.90. The molecule has 0 fully saturated rings. The van der Waals surface area contributed by atoms with Crippen molar-refractivity contribution in [1.29, 1.82) is 5.26 Å². The van der Waals surface area contributed by atoms with Crippen molar-refractivity contribution < 1.29 is 13.7 Å². The molecule has 0 amide bonds. The summed E-state index contributed by atoms with van der Waals surface area (Å²) in [6.45, 7) is 14.8. The number of nitrogens with zero attached hydrogens (tertiary/aromatic N) is 2. The first-order valence-electron chi connectivity index (χ1n) is 9.78. The molecule has 6 nitrogen and oxygen atoms in total. The molecule has 0 spiro atoms. The van der Waals surface area contributed by atoms with Gasteiger partial charge in [-0.05, 0) is 55.0 Å². The highest BCUT2D eigenvalue weighted by Gasteiger charge is 2.26. The number of nitrogens with one attached hydrogen (secondary N) is 1. The third kappa shape index (κ3) is 5.71. The second-order valence-electron chi connectivity index (χ2n) is 8.49. The van der Waals surface area contributed by atoms with Crippen molar-refractivity contribution in [2.75, 3.05) is 5.32 Å². The number of anilines is 1. The molecule has 2 rings (SSSR count). The lowest BCUT2D eigenvalue weighted by molar-refractivity contribution is 0.0823. The van der Waals surface area contributed by atoms with Crippen molar-refractivity contribution in [2.24, 2.45) is 9.50 Å². The van der Waals surface area contributed by atoms with Gasteiger partial charge in [0.05, 0.1) is 17.2 Å². The van der Waals surface area contributed by atoms with Gasteiger partial charge in [0.1, 0.15) is 5.82 Å². The third-order valence-corrected chi connectivity index (χ3v) is 8.01. The average molecular weight is 465 g/mol. The Bertz CT molecular complexity index is 1130. The summed E-state index contributed by atoms with van der Waals surface area (Å²) in [6, 6.07) is 6.88. The highest BCUT2D eigenvalue weighted by atomic mass is 32.2. The molecule has 0 saturated heterocycles. The molecule has 168 valence electrons. The van der Waals surface area contributed by atoms with E-state index in [-0.39, 0.29) is 21.9 Å². The second-order valence-corrected chi connectivity index (χ2v) is 11.5. The number of hydrogen-bond donors (Lipinski definition) is 3. The van der Waals surface area contributed by atoms with Gasteiger partial charge in [-0.3, -0.25) is 0 Å². The third-order valence-electron chi connectivity index (χ3n) is 4.61. The van der Waals surface area contributed by atoms with Crippen molar-refractivity contribution in [3.63, 3.8) is 0 Å². The molecule has 4 N–H and O–H groups in total. The monoisotopic (exact) mass is 464 g/mol. The summed E-state index contributed by atoms with van der Waals surface area (Å²) >= 11 is 0.819. The lowest BCUT2D eigenvalue weighted by Crippen LogP contribution is -2.15. The van der Waals surface area contributed by atoms with Gasteiger partial charge in [-0.25, -0.2) is 13.7 Å². The summed E-state index contributed by atoms with van der Waals surface area (Å²) in [5.41, 5.74) is 1.73. The maximum Gasteiger partial charge on any atom is 0.153 e. The Morgan fingerprint density at radius 1 is 1.29 bits per heavy atom. The van der Waals surface area contributed by atoms with Gasteiger partial charge in [0.15, 0.2) is 19.9 Å². The zero-order valence-corrected chi connectivity index (χ0v) is 20.2. The van der Waals surface area contributed by atoms with E-state index in [0.29, 0.717) is 10.4 Å². The van der Waals surface area contributed by atoms with Gasteiger partial charge in [-0.15, -0.1) is 11.3 Å². The molecule has 1 unspecified atom stereocenters. The van der Waals surface area contributed by atoms with Gasteiger partial charge in [0, 0.05) is 10.6 Å². The first kappa shape index (κ1) is 25.0. The van der Waals surface area contributed by atoms with Gasteiger partial charge in [0.25, 0.3) is 0 Å². The maximum atomic E-state index is 14.4. The standard InChI is InChI=1S/C22H29FN4O2S2/c1-12(2)16-8-15(11-24)9-17(13(3)4)20(16)26-14(5)27-31(25,29)21-18(23)10-19(30-21)22(6,7)28/h8-10,12-13,26,28H,5H2,1-4,6-7H3,(H2,25,27,29). The van der Waals surface area contributed by atoms with E-state index >= 15 is 0 Å². The fourth-order valence-electron chi connectivity index (χ4n) is 3.03. The van der Waals surface area contributed by atoms with E-state index in [1.807, 2.05) is 27.7 Å². The van der Waals surface area contributed by atoms with Crippen molar-refractivity contribution >= 4 is 26.9 Å². The number of benzene rings is 1. The molecule has 0 radical (unpaired) electrons. The minimum Gasteiger partial charge on any atom is -0.385 e. The first-order valence-corrected chi connectivity index (χ1v) is 12.2. The Kier molecular flexibility index (Phi) is 7.33. The Morgan fingerprint density at radius 2 is 1.81 bits per heavy atom. The van der Waals surface area contributed by atoms with Crippen molar-refractivity contribution in [2.45, 2.75) is 63.2 Å². The molecule has 1 heterocycles. The van der Waals surface area contributed by atoms with Crippen molar-refractivity contribution in [3.8, 4) is 6.07 Å². The Labute approximate surface area is 187 Å². The van der Waals surface area contributed by atoms with Gasteiger partial charge >= 0.3 is 0 Å². The molecule has 1 aromatic carbocycles. The largest absolute Gasteiger partial charge is 0.385 e. The van der Waals surface area contributed by atoms with Crippen LogP contribution in [-0.2, 0) is 15.5 Å². The highest BCUT2D eigenvalue weighted by Crippen LogP contribution is 2.36. The van der Waals surface area contributed by atoms with Crippen LogP contribution in [0.3, 0.4) is 0 Å². The SMILES string of the molecule is C=C(N=S(N)(=O)c1sc(C(C)(C)O)cc1F)Nc1c(C(C)C)cc(C#N)cc1C(C)C. The predicted octanol–water partition coefficient (Wildman–Crippen LogP) is 5.52. The number of rotatable bonds is 7. The molecule has 1 atom stereocenters. The van der Waals surface area contributed by atoms with Crippen LogP contribution in [0, 0.1) is 17.1 Å². The first-order chi connectivity index (χ1) is 14.2. The fraction of sp³-hybridized carbons (Fsp3) is 0.409. The normalized spacial score (nSPS) is 13.7. The quantitative estimate of drug-likeness (QED) is 0.501. The minimum atomic E-state index is -3.64. The Hall–Kier alpha value is -2.25. The van der Waals surface area contributed by atoms with E-state index in [1.165, 1.54) is 13.8 Å². The summed E-state index contributed by atoms with van der Waals surface area (Å²) in [4.78, 5) is 0.295. The van der Waals surface area contributed by atoms with Crippen LogP contribution in [-0.4, -0.2) is 9.32 Å². The number of aliphatic hydroxyl groups is 1. The van der Waals surface area contributed by atoms with Crippen LogP contribution in [0.25, 0.3) is 0 Å². The van der Waals surface area contributed by atoms with E-state index in [0.717, 1.165) is 34.2 Å². The summed E-state index contributed by atoms with van der Waals surface area (Å²) in [5, 5.41) is 28.5. The minimum absolute atomic E-state index is 0.0126. The van der Waals surface area contributed by atoms with Gasteiger partial charge in [0.2, 0.25) is 0 Å². The van der Waals surface area contributed by atoms with Crippen molar-refractivity contribution in [1.82, 2.24) is 0 Å². The van der Waals surface area contributed by atoms with Crippen LogP contribution in [0.5, 0.6) is 0 Å². The number of thiophene rings is 1. The highest BCUT2D eigenvalue weighted by molar-refractivity contribution is 7.93. The van der Waals surface area contributed by atoms with Gasteiger partial charge < -0.3 is 10.4 Å². The van der Waals surface area contributed by atoms with Crippen LogP contribution in [0.15, 0.2) is 39.2 Å².